The van der Waals surface area contributed by atoms with Crippen molar-refractivity contribution < 1.29 is 9.59 Å². The number of para-hydroxylation sites is 1. The number of ketones is 1. The second-order valence-electron chi connectivity index (χ2n) is 9.45. The number of halogens is 1. The molecule has 1 heterocycles. The number of dihydropyridines is 1. The van der Waals surface area contributed by atoms with E-state index in [1.807, 2.05) is 43.3 Å². The third kappa shape index (κ3) is 5.06. The van der Waals surface area contributed by atoms with Crippen molar-refractivity contribution in [1.82, 2.24) is 5.32 Å². The van der Waals surface area contributed by atoms with E-state index in [4.69, 9.17) is 11.6 Å². The van der Waals surface area contributed by atoms with Crippen molar-refractivity contribution in [3.8, 4) is 6.07 Å². The maximum absolute atomic E-state index is 13.2. The maximum atomic E-state index is 13.2. The zero-order chi connectivity index (χ0) is 24.5. The van der Waals surface area contributed by atoms with Gasteiger partial charge in [-0.1, -0.05) is 67.5 Å². The van der Waals surface area contributed by atoms with Crippen LogP contribution in [0, 0.1) is 23.7 Å². The van der Waals surface area contributed by atoms with Crippen LogP contribution in [-0.2, 0) is 9.59 Å². The van der Waals surface area contributed by atoms with Crippen molar-refractivity contribution in [3.63, 3.8) is 0 Å². The van der Waals surface area contributed by atoms with Crippen molar-refractivity contribution in [1.29, 1.82) is 5.26 Å². The number of rotatable bonds is 5. The molecule has 4 rings (SSSR count). The Morgan fingerprint density at radius 1 is 1.21 bits per heavy atom. The van der Waals surface area contributed by atoms with Crippen molar-refractivity contribution in [2.24, 2.45) is 5.41 Å². The highest BCUT2D eigenvalue weighted by molar-refractivity contribution is 8.03. The number of anilines is 1. The van der Waals surface area contributed by atoms with Gasteiger partial charge in [0.05, 0.1) is 28.3 Å². The van der Waals surface area contributed by atoms with Crippen molar-refractivity contribution >= 4 is 40.7 Å². The summed E-state index contributed by atoms with van der Waals surface area (Å²) >= 11 is 7.38. The molecule has 34 heavy (non-hydrogen) atoms. The van der Waals surface area contributed by atoms with Gasteiger partial charge in [0.25, 0.3) is 0 Å². The summed E-state index contributed by atoms with van der Waals surface area (Å²) in [5.74, 6) is -0.458. The zero-order valence-corrected chi connectivity index (χ0v) is 20.9. The number of benzene rings is 2. The molecule has 0 unspecified atom stereocenters. The number of nitrogens with one attached hydrogen (secondary N) is 2. The number of nitriles is 1. The van der Waals surface area contributed by atoms with E-state index in [1.54, 1.807) is 12.1 Å². The lowest BCUT2D eigenvalue weighted by Crippen LogP contribution is -2.37. The van der Waals surface area contributed by atoms with Gasteiger partial charge in [0.2, 0.25) is 5.91 Å². The van der Waals surface area contributed by atoms with Crippen LogP contribution in [-0.4, -0.2) is 17.4 Å². The highest BCUT2D eigenvalue weighted by Crippen LogP contribution is 2.47. The highest BCUT2D eigenvalue weighted by Gasteiger charge is 2.41. The van der Waals surface area contributed by atoms with E-state index >= 15 is 0 Å². The molecule has 1 aliphatic carbocycles. The van der Waals surface area contributed by atoms with E-state index in [-0.39, 0.29) is 22.9 Å². The molecule has 0 fully saturated rings. The minimum Gasteiger partial charge on any atom is -0.352 e. The number of nitrogens with zero attached hydrogens (tertiary/aromatic N) is 1. The first-order valence-corrected chi connectivity index (χ1v) is 12.5. The Hall–Kier alpha value is -3.01. The first kappa shape index (κ1) is 24.1. The topological polar surface area (TPSA) is 82.0 Å². The van der Waals surface area contributed by atoms with E-state index in [2.05, 4.69) is 30.6 Å². The predicted octanol–water partition coefficient (Wildman–Crippen LogP) is 6.09. The summed E-state index contributed by atoms with van der Waals surface area (Å²) in [5.41, 5.74) is 4.33. The third-order valence-electron chi connectivity index (χ3n) is 6.10. The smallest absolute Gasteiger partial charge is 0.234 e. The normalized spacial score (nSPS) is 19.3. The minimum absolute atomic E-state index is 0.0489. The monoisotopic (exact) mass is 491 g/mol. The Bertz CT molecular complexity index is 1260. The molecule has 2 aliphatic rings. The Morgan fingerprint density at radius 2 is 1.91 bits per heavy atom. The fourth-order valence-electron chi connectivity index (χ4n) is 4.52. The summed E-state index contributed by atoms with van der Waals surface area (Å²) in [5, 5.41) is 17.6. The molecule has 1 aliphatic heterocycles. The van der Waals surface area contributed by atoms with Gasteiger partial charge in [-0.05, 0) is 48.1 Å². The summed E-state index contributed by atoms with van der Waals surface area (Å²) in [6, 6.07) is 17.2. The van der Waals surface area contributed by atoms with Crippen LogP contribution in [0.1, 0.15) is 43.7 Å². The van der Waals surface area contributed by atoms with Gasteiger partial charge in [-0.15, -0.1) is 0 Å². The van der Waals surface area contributed by atoms with E-state index in [1.165, 1.54) is 11.8 Å². The van der Waals surface area contributed by atoms with Gasteiger partial charge in [0, 0.05) is 28.4 Å². The first-order valence-electron chi connectivity index (χ1n) is 11.1. The Morgan fingerprint density at radius 3 is 2.59 bits per heavy atom. The van der Waals surface area contributed by atoms with E-state index in [0.717, 1.165) is 22.5 Å². The summed E-state index contributed by atoms with van der Waals surface area (Å²) in [6.07, 6.45) is 1.12. The second kappa shape index (κ2) is 9.69. The number of allylic oxidation sites excluding steroid dienone is 3. The van der Waals surface area contributed by atoms with Gasteiger partial charge in [0.1, 0.15) is 0 Å². The fourth-order valence-corrected chi connectivity index (χ4v) is 5.50. The average molecular weight is 492 g/mol. The standard InChI is InChI=1S/C27H26ClN3O2S/c1-16-6-4-5-7-20(16)30-23(33)15-34-26-19(14-29)24(17-8-10-18(28)11-9-17)25-21(31-26)12-27(2,3)13-22(25)32/h4-11,24,31H,12-13,15H2,1-3H3,(H,30,33)/t24-/m0/s1. The molecular formula is C27H26ClN3O2S. The molecule has 0 saturated carbocycles. The molecule has 2 N–H and O–H groups in total. The summed E-state index contributed by atoms with van der Waals surface area (Å²) in [4.78, 5) is 25.9. The van der Waals surface area contributed by atoms with Crippen LogP contribution in [0.15, 0.2) is 70.4 Å². The van der Waals surface area contributed by atoms with Gasteiger partial charge < -0.3 is 10.6 Å². The van der Waals surface area contributed by atoms with Gasteiger partial charge in [0.15, 0.2) is 5.78 Å². The molecule has 1 atom stereocenters. The number of amides is 1. The molecule has 2 aromatic rings. The first-order chi connectivity index (χ1) is 16.2. The Balaban J connectivity index is 1.66. The predicted molar refractivity (Wildman–Crippen MR) is 137 cm³/mol. The van der Waals surface area contributed by atoms with Crippen LogP contribution in [0.5, 0.6) is 0 Å². The van der Waals surface area contributed by atoms with Gasteiger partial charge in [-0.2, -0.15) is 5.26 Å². The molecule has 2 aromatic carbocycles. The van der Waals surface area contributed by atoms with Crippen LogP contribution in [0.3, 0.4) is 0 Å². The van der Waals surface area contributed by atoms with Crippen molar-refractivity contribution in [3.05, 3.63) is 86.6 Å². The van der Waals surface area contributed by atoms with Gasteiger partial charge in [-0.3, -0.25) is 9.59 Å². The van der Waals surface area contributed by atoms with Gasteiger partial charge >= 0.3 is 0 Å². The molecule has 0 radical (unpaired) electrons. The molecule has 0 spiro atoms. The Labute approximate surface area is 209 Å². The third-order valence-corrected chi connectivity index (χ3v) is 7.37. The summed E-state index contributed by atoms with van der Waals surface area (Å²) < 4.78 is 0. The van der Waals surface area contributed by atoms with Crippen LogP contribution in [0.25, 0.3) is 0 Å². The maximum Gasteiger partial charge on any atom is 0.234 e. The number of thioether (sulfide) groups is 1. The molecular weight excluding hydrogens is 466 g/mol. The van der Waals surface area contributed by atoms with Crippen LogP contribution < -0.4 is 10.6 Å². The average Bonchev–Trinajstić information content (AvgIpc) is 2.78. The van der Waals surface area contributed by atoms with E-state index in [9.17, 15) is 14.9 Å². The number of carbonyl (C=O) groups is 2. The second-order valence-corrected chi connectivity index (χ2v) is 10.9. The number of hydrogen-bond donors (Lipinski definition) is 2. The van der Waals surface area contributed by atoms with E-state index < -0.39 is 5.92 Å². The molecule has 7 heteroatoms. The quantitative estimate of drug-likeness (QED) is 0.529. The lowest BCUT2D eigenvalue weighted by atomic mass is 9.69. The molecule has 1 amide bonds. The lowest BCUT2D eigenvalue weighted by molar-refractivity contribution is -0.118. The SMILES string of the molecule is Cc1ccccc1NC(=O)CSC1=C(C#N)[C@H](c2ccc(Cl)cc2)C2=C(CC(C)(C)CC2=O)N1. The molecule has 174 valence electrons. The zero-order valence-electron chi connectivity index (χ0n) is 19.4. The number of hydrogen-bond acceptors (Lipinski definition) is 5. The highest BCUT2D eigenvalue weighted by atomic mass is 35.5. The van der Waals surface area contributed by atoms with Gasteiger partial charge in [-0.25, -0.2) is 0 Å². The van der Waals surface area contributed by atoms with Crippen molar-refractivity contribution in [2.45, 2.75) is 39.5 Å². The summed E-state index contributed by atoms with van der Waals surface area (Å²) in [7, 11) is 0. The fraction of sp³-hybridized carbons (Fsp3) is 0.296. The van der Waals surface area contributed by atoms with Crippen LogP contribution in [0.2, 0.25) is 5.02 Å². The number of Topliss-reactive ketones (excluding diaryl/α,β-unsaturated/α-hetero) is 1. The minimum atomic E-state index is -0.482. The van der Waals surface area contributed by atoms with E-state index in [0.29, 0.717) is 34.0 Å². The molecule has 0 aromatic heterocycles. The lowest BCUT2D eigenvalue weighted by Gasteiger charge is -2.39. The largest absolute Gasteiger partial charge is 0.352 e. The molecule has 5 nitrogen and oxygen atoms in total. The van der Waals surface area contributed by atoms with Crippen molar-refractivity contribution in [2.75, 3.05) is 11.1 Å². The Kier molecular flexibility index (Phi) is 6.88. The number of aryl methyl sites for hydroxylation is 1. The molecule has 0 bridgehead atoms. The molecule has 0 saturated heterocycles. The van der Waals surface area contributed by atoms with Crippen LogP contribution >= 0.6 is 23.4 Å². The van der Waals surface area contributed by atoms with Crippen LogP contribution in [0.4, 0.5) is 5.69 Å². The number of carbonyl (C=O) groups excluding carboxylic acids is 2. The summed E-state index contributed by atoms with van der Waals surface area (Å²) in [6.45, 7) is 6.08.